The fourth-order valence-electron chi connectivity index (χ4n) is 4.43. The predicted molar refractivity (Wildman–Crippen MR) is 150 cm³/mol. The number of aryl methyl sites for hydroxylation is 1. The third-order valence-electron chi connectivity index (χ3n) is 6.26. The van der Waals surface area contributed by atoms with Gasteiger partial charge in [0.2, 0.25) is 0 Å². The minimum atomic E-state index is -3.39. The second kappa shape index (κ2) is 10.1. The predicted octanol–water partition coefficient (Wildman–Crippen LogP) is 5.28. The molecule has 2 aromatic heterocycles. The first-order chi connectivity index (χ1) is 18.2. The van der Waals surface area contributed by atoms with Crippen molar-refractivity contribution < 1.29 is 13.2 Å². The van der Waals surface area contributed by atoms with E-state index in [2.05, 4.69) is 17.2 Å². The van der Waals surface area contributed by atoms with E-state index in [1.165, 1.54) is 6.26 Å². The van der Waals surface area contributed by atoms with Crippen molar-refractivity contribution in [1.82, 2.24) is 14.8 Å². The number of fused-ring (bicyclic) bond motifs is 1. The van der Waals surface area contributed by atoms with Gasteiger partial charge in [0.15, 0.2) is 9.84 Å². The first-order valence-corrected chi connectivity index (χ1v) is 14.1. The van der Waals surface area contributed by atoms with E-state index >= 15 is 0 Å². The lowest BCUT2D eigenvalue weighted by Crippen LogP contribution is -2.17. The quantitative estimate of drug-likeness (QED) is 0.298. The molecule has 0 saturated carbocycles. The number of sulfone groups is 1. The molecule has 0 spiro atoms. The molecular formula is C29H27N5O3S. The van der Waals surface area contributed by atoms with Crippen molar-refractivity contribution >= 4 is 38.0 Å². The number of anilines is 2. The fraction of sp³-hybridized carbons (Fsp3) is 0.138. The lowest BCUT2D eigenvalue weighted by atomic mass is 10.1. The Kier molecular flexibility index (Phi) is 6.69. The zero-order valence-corrected chi connectivity index (χ0v) is 21.9. The highest BCUT2D eigenvalue weighted by atomic mass is 32.2. The fourth-order valence-corrected chi connectivity index (χ4v) is 5.35. The molecule has 0 atom stereocenters. The van der Waals surface area contributed by atoms with Crippen LogP contribution < -0.4 is 11.1 Å². The van der Waals surface area contributed by atoms with Crippen LogP contribution in [0.1, 0.15) is 29.5 Å². The number of aromatic nitrogens is 3. The van der Waals surface area contributed by atoms with Gasteiger partial charge in [-0.1, -0.05) is 49.7 Å². The number of rotatable bonds is 7. The van der Waals surface area contributed by atoms with Crippen LogP contribution in [0.4, 0.5) is 11.5 Å². The standard InChI is InChI=1S/C29H27N5O3S/c1-3-6-22-17-26(34(33-22)23-14-11-20-15-16-31-28(30)25(20)18-23)29(35)32-21-12-9-19(10-13-21)24-7-4-5-8-27(24)38(2,36)37/h4-5,7-18H,3,6H2,1-2H3,(H2,30,31)(H,32,35). The summed E-state index contributed by atoms with van der Waals surface area (Å²) in [5, 5.41) is 9.37. The smallest absolute Gasteiger partial charge is 0.274 e. The summed E-state index contributed by atoms with van der Waals surface area (Å²) in [6.45, 7) is 2.06. The molecule has 5 aromatic rings. The zero-order chi connectivity index (χ0) is 26.9. The maximum atomic E-state index is 13.4. The number of hydrogen-bond acceptors (Lipinski definition) is 6. The Morgan fingerprint density at radius 1 is 1.00 bits per heavy atom. The largest absolute Gasteiger partial charge is 0.383 e. The maximum absolute atomic E-state index is 13.4. The minimum Gasteiger partial charge on any atom is -0.383 e. The van der Waals surface area contributed by atoms with E-state index < -0.39 is 9.84 Å². The molecule has 2 heterocycles. The van der Waals surface area contributed by atoms with Crippen molar-refractivity contribution in [2.75, 3.05) is 17.3 Å². The Hall–Kier alpha value is -4.50. The van der Waals surface area contributed by atoms with Crippen molar-refractivity contribution in [3.63, 3.8) is 0 Å². The Balaban J connectivity index is 1.46. The van der Waals surface area contributed by atoms with E-state index in [0.717, 1.165) is 34.9 Å². The van der Waals surface area contributed by atoms with E-state index in [-0.39, 0.29) is 10.8 Å². The Morgan fingerprint density at radius 2 is 1.76 bits per heavy atom. The van der Waals surface area contributed by atoms with Gasteiger partial charge in [0.1, 0.15) is 11.5 Å². The Bertz CT molecular complexity index is 1760. The average molecular weight is 526 g/mol. The molecule has 0 bridgehead atoms. The molecule has 1 amide bonds. The summed E-state index contributed by atoms with van der Waals surface area (Å²) in [6.07, 6.45) is 4.48. The summed E-state index contributed by atoms with van der Waals surface area (Å²) in [5.74, 6) is 0.0946. The van der Waals surface area contributed by atoms with Gasteiger partial charge < -0.3 is 11.1 Å². The summed E-state index contributed by atoms with van der Waals surface area (Å²) in [5.41, 5.74) is 9.92. The molecule has 0 saturated heterocycles. The van der Waals surface area contributed by atoms with Crippen molar-refractivity contribution in [2.45, 2.75) is 24.7 Å². The second-order valence-corrected chi connectivity index (χ2v) is 11.1. The van der Waals surface area contributed by atoms with E-state index in [9.17, 15) is 13.2 Å². The number of pyridine rings is 1. The Morgan fingerprint density at radius 3 is 2.50 bits per heavy atom. The number of hydrogen-bond donors (Lipinski definition) is 2. The molecule has 0 unspecified atom stereocenters. The Labute approximate surface area is 221 Å². The van der Waals surface area contributed by atoms with Gasteiger partial charge in [-0.2, -0.15) is 5.10 Å². The zero-order valence-electron chi connectivity index (χ0n) is 21.0. The van der Waals surface area contributed by atoms with Gasteiger partial charge in [0.25, 0.3) is 5.91 Å². The van der Waals surface area contributed by atoms with Crippen molar-refractivity contribution in [2.24, 2.45) is 0 Å². The van der Waals surface area contributed by atoms with Crippen LogP contribution in [-0.2, 0) is 16.3 Å². The highest BCUT2D eigenvalue weighted by molar-refractivity contribution is 7.90. The third kappa shape index (κ3) is 5.01. The normalized spacial score (nSPS) is 11.5. The van der Waals surface area contributed by atoms with Crippen molar-refractivity contribution in [1.29, 1.82) is 0 Å². The summed E-state index contributed by atoms with van der Waals surface area (Å²) >= 11 is 0. The number of nitrogens with zero attached hydrogens (tertiary/aromatic N) is 3. The molecule has 0 fully saturated rings. The van der Waals surface area contributed by atoms with Crippen LogP contribution in [0.2, 0.25) is 0 Å². The van der Waals surface area contributed by atoms with Gasteiger partial charge in [0.05, 0.1) is 16.3 Å². The van der Waals surface area contributed by atoms with Crippen molar-refractivity contribution in [3.05, 3.63) is 96.4 Å². The molecule has 5 rings (SSSR count). The van der Waals surface area contributed by atoms with Crippen LogP contribution in [0.3, 0.4) is 0 Å². The number of nitrogens with one attached hydrogen (secondary N) is 1. The van der Waals surface area contributed by atoms with Gasteiger partial charge in [-0.05, 0) is 59.8 Å². The monoisotopic (exact) mass is 525 g/mol. The lowest BCUT2D eigenvalue weighted by molar-refractivity contribution is 0.101. The van der Waals surface area contributed by atoms with Gasteiger partial charge in [-0.15, -0.1) is 0 Å². The number of benzene rings is 3. The number of nitrogens with two attached hydrogens (primary N) is 1. The highest BCUT2D eigenvalue weighted by Crippen LogP contribution is 2.29. The second-order valence-electron chi connectivity index (χ2n) is 9.08. The SMILES string of the molecule is CCCc1cc(C(=O)Nc2ccc(-c3ccccc3S(C)(=O)=O)cc2)n(-c2ccc3ccnc(N)c3c2)n1. The molecule has 3 N–H and O–H groups in total. The van der Waals surface area contributed by atoms with Crippen LogP contribution in [-0.4, -0.2) is 35.3 Å². The van der Waals surface area contributed by atoms with Gasteiger partial charge in [-0.3, -0.25) is 4.79 Å². The maximum Gasteiger partial charge on any atom is 0.274 e. The van der Waals surface area contributed by atoms with Crippen LogP contribution in [0, 0.1) is 0 Å². The van der Waals surface area contributed by atoms with Crippen LogP contribution in [0.25, 0.3) is 27.6 Å². The summed E-state index contributed by atoms with van der Waals surface area (Å²) in [7, 11) is -3.39. The molecule has 0 aliphatic heterocycles. The topological polar surface area (TPSA) is 120 Å². The van der Waals surface area contributed by atoms with Gasteiger partial charge in [0, 0.05) is 29.1 Å². The highest BCUT2D eigenvalue weighted by Gasteiger charge is 2.18. The number of carbonyl (C=O) groups is 1. The van der Waals surface area contributed by atoms with Gasteiger partial charge >= 0.3 is 0 Å². The van der Waals surface area contributed by atoms with Crippen molar-refractivity contribution in [3.8, 4) is 16.8 Å². The molecule has 0 radical (unpaired) electrons. The summed E-state index contributed by atoms with van der Waals surface area (Å²) in [4.78, 5) is 17.8. The third-order valence-corrected chi connectivity index (χ3v) is 7.42. The molecule has 8 nitrogen and oxygen atoms in total. The minimum absolute atomic E-state index is 0.260. The van der Waals surface area contributed by atoms with Crippen LogP contribution in [0.5, 0.6) is 0 Å². The number of nitrogen functional groups attached to an aromatic ring is 1. The van der Waals surface area contributed by atoms with E-state index in [1.807, 2.05) is 24.3 Å². The average Bonchev–Trinajstić information content (AvgIpc) is 3.33. The summed E-state index contributed by atoms with van der Waals surface area (Å²) < 4.78 is 26.0. The molecule has 0 aliphatic carbocycles. The van der Waals surface area contributed by atoms with E-state index in [1.54, 1.807) is 65.5 Å². The van der Waals surface area contributed by atoms with Gasteiger partial charge in [-0.25, -0.2) is 18.1 Å². The molecule has 38 heavy (non-hydrogen) atoms. The van der Waals surface area contributed by atoms with E-state index in [4.69, 9.17) is 10.8 Å². The lowest BCUT2D eigenvalue weighted by Gasteiger charge is -2.11. The first-order valence-electron chi connectivity index (χ1n) is 12.2. The summed E-state index contributed by atoms with van der Waals surface area (Å²) in [6, 6.07) is 23.3. The first kappa shape index (κ1) is 25.2. The molecule has 9 heteroatoms. The molecule has 192 valence electrons. The van der Waals surface area contributed by atoms with Crippen LogP contribution in [0.15, 0.2) is 90.0 Å². The molecule has 3 aromatic carbocycles. The molecule has 0 aliphatic rings. The molecular weight excluding hydrogens is 498 g/mol. The van der Waals surface area contributed by atoms with E-state index in [0.29, 0.717) is 28.5 Å². The number of carbonyl (C=O) groups excluding carboxylic acids is 1. The number of amides is 1. The van der Waals surface area contributed by atoms with Crippen LogP contribution >= 0.6 is 0 Å².